The molecule has 1 nitrogen and oxygen atoms in total. The van der Waals surface area contributed by atoms with Crippen LogP contribution in [-0.4, -0.2) is 6.04 Å². The number of hydrogen-bond acceptors (Lipinski definition) is 1. The van der Waals surface area contributed by atoms with Gasteiger partial charge in [0.15, 0.2) is 0 Å². The Morgan fingerprint density at radius 1 is 1.21 bits per heavy atom. The van der Waals surface area contributed by atoms with Crippen molar-refractivity contribution in [3.63, 3.8) is 0 Å². The number of benzene rings is 1. The van der Waals surface area contributed by atoms with Gasteiger partial charge in [-0.15, -0.1) is 0 Å². The van der Waals surface area contributed by atoms with Crippen molar-refractivity contribution in [3.05, 3.63) is 34.9 Å². The van der Waals surface area contributed by atoms with Gasteiger partial charge in [-0.1, -0.05) is 23.8 Å². The van der Waals surface area contributed by atoms with E-state index >= 15 is 0 Å². The van der Waals surface area contributed by atoms with Crippen LogP contribution in [0.25, 0.3) is 0 Å². The fourth-order valence-corrected chi connectivity index (χ4v) is 2.43. The third kappa shape index (κ3) is 1.46. The van der Waals surface area contributed by atoms with Crippen LogP contribution in [0.15, 0.2) is 18.2 Å². The topological polar surface area (TPSA) is 12.0 Å². The van der Waals surface area contributed by atoms with Crippen LogP contribution in [0.2, 0.25) is 0 Å². The van der Waals surface area contributed by atoms with Gasteiger partial charge in [0.2, 0.25) is 0 Å². The van der Waals surface area contributed by atoms with Gasteiger partial charge in [-0.25, -0.2) is 0 Å². The highest BCUT2D eigenvalue weighted by atomic mass is 15.0. The first-order valence-electron chi connectivity index (χ1n) is 5.68. The van der Waals surface area contributed by atoms with Gasteiger partial charge >= 0.3 is 0 Å². The summed E-state index contributed by atoms with van der Waals surface area (Å²) in [4.78, 5) is 0. The fraction of sp³-hybridized carbons (Fsp3) is 0.538. The standard InChI is InChI=1S/C13H17N/c1-9-2-3-10-4-7-13(12(10)8-9)14-11-5-6-11/h2-3,8,11,13-14H,4-7H2,1H3. The highest BCUT2D eigenvalue weighted by Gasteiger charge is 2.29. The van der Waals surface area contributed by atoms with Gasteiger partial charge in [0, 0.05) is 12.1 Å². The molecule has 0 amide bonds. The van der Waals surface area contributed by atoms with E-state index in [4.69, 9.17) is 0 Å². The minimum absolute atomic E-state index is 0.650. The number of fused-ring (bicyclic) bond motifs is 1. The van der Waals surface area contributed by atoms with Crippen molar-refractivity contribution in [1.82, 2.24) is 5.32 Å². The molecule has 14 heavy (non-hydrogen) atoms. The Hall–Kier alpha value is -0.820. The average molecular weight is 187 g/mol. The summed E-state index contributed by atoms with van der Waals surface area (Å²) in [6, 6.07) is 8.38. The number of hydrogen-bond donors (Lipinski definition) is 1. The van der Waals surface area contributed by atoms with Crippen molar-refractivity contribution in [2.45, 2.75) is 44.7 Å². The molecule has 0 aromatic heterocycles. The lowest BCUT2D eigenvalue weighted by atomic mass is 10.1. The van der Waals surface area contributed by atoms with Crippen molar-refractivity contribution in [2.75, 3.05) is 0 Å². The summed E-state index contributed by atoms with van der Waals surface area (Å²) in [5.74, 6) is 0. The number of rotatable bonds is 2. The molecule has 0 radical (unpaired) electrons. The highest BCUT2D eigenvalue weighted by Crippen LogP contribution is 2.34. The molecule has 0 heterocycles. The minimum Gasteiger partial charge on any atom is -0.307 e. The molecule has 74 valence electrons. The summed E-state index contributed by atoms with van der Waals surface area (Å²) in [5, 5.41) is 3.74. The lowest BCUT2D eigenvalue weighted by Crippen LogP contribution is -2.21. The minimum atomic E-state index is 0.650. The van der Waals surface area contributed by atoms with E-state index in [1.54, 1.807) is 11.1 Å². The van der Waals surface area contributed by atoms with E-state index in [1.807, 2.05) is 0 Å². The Morgan fingerprint density at radius 3 is 2.86 bits per heavy atom. The second-order valence-corrected chi connectivity index (χ2v) is 4.73. The third-order valence-corrected chi connectivity index (χ3v) is 3.39. The predicted octanol–water partition coefficient (Wildman–Crippen LogP) is 2.73. The third-order valence-electron chi connectivity index (χ3n) is 3.39. The maximum Gasteiger partial charge on any atom is 0.0328 e. The Labute approximate surface area is 85.5 Å². The molecule has 1 heteroatoms. The summed E-state index contributed by atoms with van der Waals surface area (Å²) in [7, 11) is 0. The Kier molecular flexibility index (Phi) is 1.88. The molecular formula is C13H17N. The molecule has 1 atom stereocenters. The lowest BCUT2D eigenvalue weighted by Gasteiger charge is -2.13. The van der Waals surface area contributed by atoms with Crippen molar-refractivity contribution in [3.8, 4) is 0 Å². The molecular weight excluding hydrogens is 170 g/mol. The van der Waals surface area contributed by atoms with Crippen LogP contribution in [0.4, 0.5) is 0 Å². The smallest absolute Gasteiger partial charge is 0.0328 e. The predicted molar refractivity (Wildman–Crippen MR) is 58.4 cm³/mol. The van der Waals surface area contributed by atoms with Crippen LogP contribution in [-0.2, 0) is 6.42 Å². The van der Waals surface area contributed by atoms with Crippen molar-refractivity contribution in [1.29, 1.82) is 0 Å². The average Bonchev–Trinajstić information content (AvgIpc) is 2.90. The molecule has 0 saturated heterocycles. The van der Waals surface area contributed by atoms with E-state index in [2.05, 4.69) is 30.4 Å². The molecule has 0 spiro atoms. The summed E-state index contributed by atoms with van der Waals surface area (Å²) in [6.45, 7) is 2.19. The molecule has 0 aliphatic heterocycles. The van der Waals surface area contributed by atoms with E-state index in [9.17, 15) is 0 Å². The number of nitrogens with one attached hydrogen (secondary N) is 1. The molecule has 3 rings (SSSR count). The number of aryl methyl sites for hydroxylation is 2. The maximum atomic E-state index is 3.74. The zero-order chi connectivity index (χ0) is 9.54. The molecule has 2 aliphatic carbocycles. The molecule has 2 aliphatic rings. The van der Waals surface area contributed by atoms with Gasteiger partial charge in [-0.05, 0) is 43.7 Å². The van der Waals surface area contributed by atoms with Crippen LogP contribution in [0.3, 0.4) is 0 Å². The van der Waals surface area contributed by atoms with E-state index in [0.29, 0.717) is 6.04 Å². The maximum absolute atomic E-state index is 3.74. The van der Waals surface area contributed by atoms with E-state index in [0.717, 1.165) is 6.04 Å². The molecule has 0 bridgehead atoms. The fourth-order valence-electron chi connectivity index (χ4n) is 2.43. The van der Waals surface area contributed by atoms with Gasteiger partial charge in [0.05, 0.1) is 0 Å². The molecule has 1 N–H and O–H groups in total. The van der Waals surface area contributed by atoms with Crippen molar-refractivity contribution < 1.29 is 0 Å². The normalized spacial score (nSPS) is 25.1. The quantitative estimate of drug-likeness (QED) is 0.750. The Bertz CT molecular complexity index is 352. The summed E-state index contributed by atoms with van der Waals surface area (Å²) < 4.78 is 0. The van der Waals surface area contributed by atoms with Crippen LogP contribution in [0, 0.1) is 6.92 Å². The Balaban J connectivity index is 1.87. The monoisotopic (exact) mass is 187 g/mol. The van der Waals surface area contributed by atoms with Crippen LogP contribution < -0.4 is 5.32 Å². The summed E-state index contributed by atoms with van der Waals surface area (Å²) in [5.41, 5.74) is 4.53. The van der Waals surface area contributed by atoms with Crippen LogP contribution in [0.5, 0.6) is 0 Å². The second kappa shape index (κ2) is 3.09. The Morgan fingerprint density at radius 2 is 2.07 bits per heavy atom. The van der Waals surface area contributed by atoms with Gasteiger partial charge in [-0.2, -0.15) is 0 Å². The van der Waals surface area contributed by atoms with E-state index in [-0.39, 0.29) is 0 Å². The van der Waals surface area contributed by atoms with Crippen molar-refractivity contribution >= 4 is 0 Å². The first-order chi connectivity index (χ1) is 6.83. The van der Waals surface area contributed by atoms with E-state index in [1.165, 1.54) is 31.2 Å². The van der Waals surface area contributed by atoms with Gasteiger partial charge < -0.3 is 5.32 Å². The van der Waals surface area contributed by atoms with Crippen molar-refractivity contribution in [2.24, 2.45) is 0 Å². The van der Waals surface area contributed by atoms with Gasteiger partial charge in [-0.3, -0.25) is 0 Å². The molecule has 1 aromatic rings. The van der Waals surface area contributed by atoms with Gasteiger partial charge in [0.25, 0.3) is 0 Å². The lowest BCUT2D eigenvalue weighted by molar-refractivity contribution is 0.527. The molecule has 1 aromatic carbocycles. The zero-order valence-corrected chi connectivity index (χ0v) is 8.72. The highest BCUT2D eigenvalue weighted by molar-refractivity contribution is 5.37. The zero-order valence-electron chi connectivity index (χ0n) is 8.72. The van der Waals surface area contributed by atoms with Crippen LogP contribution >= 0.6 is 0 Å². The van der Waals surface area contributed by atoms with Crippen LogP contribution in [0.1, 0.15) is 42.0 Å². The van der Waals surface area contributed by atoms with Gasteiger partial charge in [0.1, 0.15) is 0 Å². The summed E-state index contributed by atoms with van der Waals surface area (Å²) in [6.07, 6.45) is 5.34. The SMILES string of the molecule is Cc1ccc2c(c1)C(NC1CC1)CC2. The van der Waals surface area contributed by atoms with E-state index < -0.39 is 0 Å². The molecule has 1 fully saturated rings. The molecule has 1 saturated carbocycles. The first kappa shape index (κ1) is 8.49. The molecule has 1 unspecified atom stereocenters. The second-order valence-electron chi connectivity index (χ2n) is 4.73. The summed E-state index contributed by atoms with van der Waals surface area (Å²) >= 11 is 0. The largest absolute Gasteiger partial charge is 0.307 e. The first-order valence-corrected chi connectivity index (χ1v) is 5.68.